The van der Waals surface area contributed by atoms with Gasteiger partial charge in [0.05, 0.1) is 16.9 Å². The van der Waals surface area contributed by atoms with Crippen molar-refractivity contribution in [2.45, 2.75) is 5.16 Å². The van der Waals surface area contributed by atoms with Gasteiger partial charge in [-0.15, -0.1) is 0 Å². The van der Waals surface area contributed by atoms with Crippen LogP contribution in [0.1, 0.15) is 0 Å². The van der Waals surface area contributed by atoms with E-state index in [4.69, 9.17) is 10.1 Å². The molecule has 2 heterocycles. The first-order chi connectivity index (χ1) is 11.3. The average molecular weight is 317 g/mol. The van der Waals surface area contributed by atoms with E-state index in [0.29, 0.717) is 0 Å². The fourth-order valence-electron chi connectivity index (χ4n) is 2.61. The number of nitrogens with zero attached hydrogens (tertiary/aromatic N) is 3. The Labute approximate surface area is 139 Å². The van der Waals surface area contributed by atoms with Gasteiger partial charge >= 0.3 is 0 Å². The first kappa shape index (κ1) is 14.0. The molecule has 0 radical (unpaired) electrons. The maximum Gasteiger partial charge on any atom is 0.189 e. The zero-order valence-corrected chi connectivity index (χ0v) is 13.5. The first-order valence-corrected chi connectivity index (χ1v) is 8.63. The van der Waals surface area contributed by atoms with Crippen molar-refractivity contribution in [3.63, 3.8) is 0 Å². The van der Waals surface area contributed by atoms with Crippen molar-refractivity contribution >= 4 is 17.3 Å². The van der Waals surface area contributed by atoms with Crippen LogP contribution in [-0.2, 0) is 0 Å². The van der Waals surface area contributed by atoms with E-state index < -0.39 is 0 Å². The second kappa shape index (κ2) is 5.89. The zero-order valence-electron chi connectivity index (χ0n) is 12.7. The highest BCUT2D eigenvalue weighted by atomic mass is 32.2. The van der Waals surface area contributed by atoms with E-state index in [0.717, 1.165) is 33.2 Å². The monoisotopic (exact) mass is 317 g/mol. The molecule has 4 rings (SSSR count). The summed E-state index contributed by atoms with van der Waals surface area (Å²) in [7, 11) is 0. The molecule has 0 unspecified atom stereocenters. The van der Waals surface area contributed by atoms with E-state index in [1.54, 1.807) is 11.8 Å². The SMILES string of the molecule is CSc1nc(-c2ccccc2)cc2cc(-c3ccccc3)nn12. The lowest BCUT2D eigenvalue weighted by Crippen LogP contribution is -1.97. The predicted molar refractivity (Wildman–Crippen MR) is 95.6 cm³/mol. The maximum atomic E-state index is 4.76. The van der Waals surface area contributed by atoms with E-state index in [-0.39, 0.29) is 0 Å². The Morgan fingerprint density at radius 2 is 1.35 bits per heavy atom. The molecule has 0 saturated carbocycles. The van der Waals surface area contributed by atoms with E-state index in [2.05, 4.69) is 36.4 Å². The predicted octanol–water partition coefficient (Wildman–Crippen LogP) is 4.79. The van der Waals surface area contributed by atoms with Gasteiger partial charge in [-0.25, -0.2) is 9.50 Å². The number of fused-ring (bicyclic) bond motifs is 1. The third kappa shape index (κ3) is 2.62. The summed E-state index contributed by atoms with van der Waals surface area (Å²) in [5.41, 5.74) is 5.23. The van der Waals surface area contributed by atoms with Crippen LogP contribution in [-0.4, -0.2) is 20.9 Å². The summed E-state index contributed by atoms with van der Waals surface area (Å²) in [4.78, 5) is 4.76. The molecule has 23 heavy (non-hydrogen) atoms. The molecule has 0 aliphatic carbocycles. The van der Waals surface area contributed by atoms with Gasteiger partial charge < -0.3 is 0 Å². The Morgan fingerprint density at radius 3 is 1.96 bits per heavy atom. The minimum atomic E-state index is 0.892. The Kier molecular flexibility index (Phi) is 3.60. The summed E-state index contributed by atoms with van der Waals surface area (Å²) in [5.74, 6) is 0. The quantitative estimate of drug-likeness (QED) is 0.402. The van der Waals surface area contributed by atoms with E-state index in [9.17, 15) is 0 Å². The molecule has 3 nitrogen and oxygen atoms in total. The molecule has 0 aliphatic rings. The molecule has 112 valence electrons. The Bertz CT molecular complexity index is 946. The van der Waals surface area contributed by atoms with Crippen LogP contribution in [0.25, 0.3) is 28.0 Å². The Balaban J connectivity index is 1.90. The highest BCUT2D eigenvalue weighted by Gasteiger charge is 2.11. The summed E-state index contributed by atoms with van der Waals surface area (Å²) < 4.78 is 1.92. The van der Waals surface area contributed by atoms with Gasteiger partial charge in [0, 0.05) is 11.1 Å². The standard InChI is InChI=1S/C19H15N3S/c1-23-19-20-17(14-8-4-2-5-9-14)12-16-13-18(21-22(16)19)15-10-6-3-7-11-15/h2-13H,1H3. The molecule has 2 aromatic heterocycles. The normalized spacial score (nSPS) is 11.0. The number of hydrogen-bond acceptors (Lipinski definition) is 3. The van der Waals surface area contributed by atoms with Gasteiger partial charge in [-0.3, -0.25) is 0 Å². The largest absolute Gasteiger partial charge is 0.222 e. The van der Waals surface area contributed by atoms with Crippen LogP contribution >= 0.6 is 11.8 Å². The molecular formula is C19H15N3S. The molecule has 0 spiro atoms. The van der Waals surface area contributed by atoms with E-state index in [1.807, 2.05) is 47.2 Å². The van der Waals surface area contributed by atoms with Crippen LogP contribution in [0.15, 0.2) is 78.0 Å². The highest BCUT2D eigenvalue weighted by Crippen LogP contribution is 2.26. The molecule has 2 aromatic carbocycles. The molecule has 4 heteroatoms. The number of aromatic nitrogens is 3. The average Bonchev–Trinajstić information content (AvgIpc) is 3.06. The lowest BCUT2D eigenvalue weighted by atomic mass is 10.1. The van der Waals surface area contributed by atoms with Crippen LogP contribution in [0.3, 0.4) is 0 Å². The Morgan fingerprint density at radius 1 is 0.783 bits per heavy atom. The minimum Gasteiger partial charge on any atom is -0.222 e. The number of hydrogen-bond donors (Lipinski definition) is 0. The first-order valence-electron chi connectivity index (χ1n) is 7.41. The molecular weight excluding hydrogens is 302 g/mol. The van der Waals surface area contributed by atoms with Crippen LogP contribution in [0.2, 0.25) is 0 Å². The summed E-state index contributed by atoms with van der Waals surface area (Å²) in [6.07, 6.45) is 2.03. The Hall–Kier alpha value is -2.59. The molecule has 0 bridgehead atoms. The zero-order chi connectivity index (χ0) is 15.6. The molecule has 0 N–H and O–H groups in total. The van der Waals surface area contributed by atoms with Crippen molar-refractivity contribution in [2.75, 3.05) is 6.26 Å². The van der Waals surface area contributed by atoms with Gasteiger partial charge in [-0.05, 0) is 18.4 Å². The molecule has 4 aromatic rings. The molecule has 0 saturated heterocycles. The second-order valence-corrected chi connectivity index (χ2v) is 6.00. The third-order valence-corrected chi connectivity index (χ3v) is 4.37. The van der Waals surface area contributed by atoms with Gasteiger partial charge in [0.1, 0.15) is 0 Å². The minimum absolute atomic E-state index is 0.892. The molecule has 0 fully saturated rings. The topological polar surface area (TPSA) is 30.2 Å². The fraction of sp³-hybridized carbons (Fsp3) is 0.0526. The van der Waals surface area contributed by atoms with E-state index in [1.165, 1.54) is 0 Å². The smallest absolute Gasteiger partial charge is 0.189 e. The van der Waals surface area contributed by atoms with Crippen molar-refractivity contribution in [1.82, 2.24) is 14.6 Å². The van der Waals surface area contributed by atoms with Gasteiger partial charge in [-0.1, -0.05) is 72.4 Å². The number of benzene rings is 2. The number of thioether (sulfide) groups is 1. The van der Waals surface area contributed by atoms with Gasteiger partial charge in [-0.2, -0.15) is 5.10 Å². The van der Waals surface area contributed by atoms with E-state index >= 15 is 0 Å². The van der Waals surface area contributed by atoms with Crippen molar-refractivity contribution < 1.29 is 0 Å². The summed E-state index contributed by atoms with van der Waals surface area (Å²) in [6, 6.07) is 24.7. The molecule has 0 aliphatic heterocycles. The van der Waals surface area contributed by atoms with Crippen LogP contribution < -0.4 is 0 Å². The van der Waals surface area contributed by atoms with Gasteiger partial charge in [0.25, 0.3) is 0 Å². The van der Waals surface area contributed by atoms with Crippen molar-refractivity contribution in [3.8, 4) is 22.5 Å². The van der Waals surface area contributed by atoms with Crippen molar-refractivity contribution in [3.05, 3.63) is 72.8 Å². The van der Waals surface area contributed by atoms with Crippen LogP contribution in [0.4, 0.5) is 0 Å². The summed E-state index contributed by atoms with van der Waals surface area (Å²) >= 11 is 1.60. The van der Waals surface area contributed by atoms with Crippen molar-refractivity contribution in [2.24, 2.45) is 0 Å². The van der Waals surface area contributed by atoms with Crippen LogP contribution in [0.5, 0.6) is 0 Å². The fourth-order valence-corrected chi connectivity index (χ4v) is 3.12. The summed E-state index contributed by atoms with van der Waals surface area (Å²) in [5, 5.41) is 5.61. The second-order valence-electron chi connectivity index (χ2n) is 5.23. The number of rotatable bonds is 3. The lowest BCUT2D eigenvalue weighted by Gasteiger charge is -2.05. The lowest BCUT2D eigenvalue weighted by molar-refractivity contribution is 0.802. The van der Waals surface area contributed by atoms with Gasteiger partial charge in [0.15, 0.2) is 5.16 Å². The van der Waals surface area contributed by atoms with Crippen LogP contribution in [0, 0.1) is 0 Å². The molecule has 0 amide bonds. The highest BCUT2D eigenvalue weighted by molar-refractivity contribution is 7.98. The van der Waals surface area contributed by atoms with Gasteiger partial charge in [0.2, 0.25) is 0 Å². The maximum absolute atomic E-state index is 4.76. The summed E-state index contributed by atoms with van der Waals surface area (Å²) in [6.45, 7) is 0. The molecule has 0 atom stereocenters. The van der Waals surface area contributed by atoms with Crippen molar-refractivity contribution in [1.29, 1.82) is 0 Å². The third-order valence-electron chi connectivity index (χ3n) is 3.74.